The Morgan fingerprint density at radius 1 is 0.972 bits per heavy atom. The van der Waals surface area contributed by atoms with Crippen LogP contribution in [0, 0.1) is 13.8 Å². The molecule has 0 saturated carbocycles. The van der Waals surface area contributed by atoms with Gasteiger partial charge in [-0.25, -0.2) is 8.42 Å². The molecular weight excluding hydrogens is 521 g/mol. The quantitative estimate of drug-likeness (QED) is 0.418. The molecule has 0 aliphatic carbocycles. The number of halogens is 2. The van der Waals surface area contributed by atoms with E-state index in [-0.39, 0.29) is 18.5 Å². The molecule has 0 heterocycles. The molecule has 10 heteroatoms. The monoisotopic (exact) mass is 555 g/mol. The fourth-order valence-corrected chi connectivity index (χ4v) is 5.06. The molecule has 198 valence electrons. The van der Waals surface area contributed by atoms with Gasteiger partial charge in [0.1, 0.15) is 12.6 Å². The van der Waals surface area contributed by atoms with E-state index >= 15 is 0 Å². The molecule has 0 spiro atoms. The van der Waals surface area contributed by atoms with Gasteiger partial charge >= 0.3 is 0 Å². The topological polar surface area (TPSA) is 86.8 Å². The van der Waals surface area contributed by atoms with Crippen LogP contribution in [0.25, 0.3) is 0 Å². The molecule has 0 saturated heterocycles. The van der Waals surface area contributed by atoms with Crippen molar-refractivity contribution in [3.05, 3.63) is 63.1 Å². The first kappa shape index (κ1) is 29.9. The highest BCUT2D eigenvalue weighted by molar-refractivity contribution is 7.92. The van der Waals surface area contributed by atoms with E-state index in [9.17, 15) is 18.0 Å². The Kier molecular flexibility index (Phi) is 10.6. The SMILES string of the molecule is CC[C@@H](C)NC(=O)[C@H](CC)N(Cc1ccc(Cl)c(Cl)c1)C(=O)CN(c1cc(C)cc(C)c1)S(C)(=O)=O. The minimum absolute atomic E-state index is 0.0621. The van der Waals surface area contributed by atoms with Crippen molar-refractivity contribution in [1.82, 2.24) is 10.2 Å². The molecule has 1 N–H and O–H groups in total. The number of hydrogen-bond donors (Lipinski definition) is 1. The number of rotatable bonds is 11. The first-order chi connectivity index (χ1) is 16.8. The molecule has 7 nitrogen and oxygen atoms in total. The van der Waals surface area contributed by atoms with Gasteiger partial charge in [0, 0.05) is 12.6 Å². The van der Waals surface area contributed by atoms with Gasteiger partial charge in [0.2, 0.25) is 21.8 Å². The van der Waals surface area contributed by atoms with Gasteiger partial charge in [0.05, 0.1) is 22.0 Å². The molecule has 0 aromatic heterocycles. The summed E-state index contributed by atoms with van der Waals surface area (Å²) in [7, 11) is -3.79. The van der Waals surface area contributed by atoms with Crippen molar-refractivity contribution < 1.29 is 18.0 Å². The highest BCUT2D eigenvalue weighted by atomic mass is 35.5. The molecule has 2 atom stereocenters. The molecule has 0 fully saturated rings. The lowest BCUT2D eigenvalue weighted by Crippen LogP contribution is -2.53. The van der Waals surface area contributed by atoms with Crippen LogP contribution in [-0.4, -0.2) is 50.0 Å². The molecule has 2 aromatic rings. The molecule has 0 bridgehead atoms. The first-order valence-corrected chi connectivity index (χ1v) is 14.5. The van der Waals surface area contributed by atoms with Crippen molar-refractivity contribution in [3.63, 3.8) is 0 Å². The number of nitrogens with zero attached hydrogens (tertiary/aromatic N) is 2. The summed E-state index contributed by atoms with van der Waals surface area (Å²) in [5.74, 6) is -0.797. The Morgan fingerprint density at radius 3 is 2.08 bits per heavy atom. The van der Waals surface area contributed by atoms with E-state index in [4.69, 9.17) is 23.2 Å². The maximum Gasteiger partial charge on any atom is 0.244 e. The van der Waals surface area contributed by atoms with Gasteiger partial charge in [-0.1, -0.05) is 49.2 Å². The predicted octanol–water partition coefficient (Wildman–Crippen LogP) is 5.10. The second-order valence-electron chi connectivity index (χ2n) is 9.13. The van der Waals surface area contributed by atoms with E-state index in [2.05, 4.69) is 5.32 Å². The Hall–Kier alpha value is -2.29. The number of amides is 2. The van der Waals surface area contributed by atoms with E-state index in [1.807, 2.05) is 40.7 Å². The second-order valence-corrected chi connectivity index (χ2v) is 11.8. The van der Waals surface area contributed by atoms with Gasteiger partial charge < -0.3 is 10.2 Å². The minimum atomic E-state index is -3.79. The first-order valence-electron chi connectivity index (χ1n) is 11.9. The van der Waals surface area contributed by atoms with Crippen LogP contribution in [0.1, 0.15) is 50.3 Å². The van der Waals surface area contributed by atoms with Gasteiger partial charge in [-0.2, -0.15) is 0 Å². The van der Waals surface area contributed by atoms with E-state index in [1.54, 1.807) is 30.3 Å². The number of carbonyl (C=O) groups excluding carboxylic acids is 2. The van der Waals surface area contributed by atoms with Crippen LogP contribution in [0.15, 0.2) is 36.4 Å². The largest absolute Gasteiger partial charge is 0.352 e. The third-order valence-electron chi connectivity index (χ3n) is 5.90. The Labute approximate surface area is 224 Å². The lowest BCUT2D eigenvalue weighted by atomic mass is 10.1. The van der Waals surface area contributed by atoms with Gasteiger partial charge in [-0.15, -0.1) is 0 Å². The highest BCUT2D eigenvalue weighted by Crippen LogP contribution is 2.25. The van der Waals surface area contributed by atoms with Crippen molar-refractivity contribution in [2.24, 2.45) is 0 Å². The lowest BCUT2D eigenvalue weighted by molar-refractivity contribution is -0.140. The number of benzene rings is 2. The van der Waals surface area contributed by atoms with Crippen LogP contribution in [-0.2, 0) is 26.2 Å². The minimum Gasteiger partial charge on any atom is -0.352 e. The maximum atomic E-state index is 13.7. The van der Waals surface area contributed by atoms with Crippen molar-refractivity contribution in [1.29, 1.82) is 0 Å². The Morgan fingerprint density at radius 2 is 1.58 bits per heavy atom. The average molecular weight is 557 g/mol. The van der Waals surface area contributed by atoms with E-state index in [0.29, 0.717) is 27.7 Å². The average Bonchev–Trinajstić information content (AvgIpc) is 2.77. The summed E-state index contributed by atoms with van der Waals surface area (Å²) in [6.45, 7) is 9.00. The molecule has 2 amide bonds. The van der Waals surface area contributed by atoms with Crippen LogP contribution in [0.5, 0.6) is 0 Å². The van der Waals surface area contributed by atoms with Crippen molar-refractivity contribution >= 4 is 50.7 Å². The number of carbonyl (C=O) groups is 2. The maximum absolute atomic E-state index is 13.7. The third-order valence-corrected chi connectivity index (χ3v) is 7.78. The zero-order valence-corrected chi connectivity index (χ0v) is 24.0. The van der Waals surface area contributed by atoms with Crippen LogP contribution in [0.3, 0.4) is 0 Å². The predicted molar refractivity (Wildman–Crippen MR) is 147 cm³/mol. The number of hydrogen-bond acceptors (Lipinski definition) is 4. The summed E-state index contributed by atoms with van der Waals surface area (Å²) in [5.41, 5.74) is 2.82. The molecule has 0 radical (unpaired) electrons. The molecule has 0 unspecified atom stereocenters. The fourth-order valence-electron chi connectivity index (χ4n) is 3.90. The van der Waals surface area contributed by atoms with Crippen LogP contribution >= 0.6 is 23.2 Å². The standard InChI is InChI=1S/C26H35Cl2N3O4S/c1-7-19(5)29-26(33)24(8-2)30(15-20-9-10-22(27)23(28)14-20)25(32)16-31(36(6,34)35)21-12-17(3)11-18(4)13-21/h9-14,19,24H,7-8,15-16H2,1-6H3,(H,29,33)/t19-,24+/m1/s1. The summed E-state index contributed by atoms with van der Waals surface area (Å²) in [4.78, 5) is 28.3. The van der Waals surface area contributed by atoms with E-state index in [0.717, 1.165) is 28.1 Å². The Bertz CT molecular complexity index is 1180. The second kappa shape index (κ2) is 12.8. The lowest BCUT2D eigenvalue weighted by Gasteiger charge is -2.33. The Balaban J connectivity index is 2.50. The smallest absolute Gasteiger partial charge is 0.244 e. The third kappa shape index (κ3) is 8.11. The summed E-state index contributed by atoms with van der Waals surface area (Å²) >= 11 is 12.2. The van der Waals surface area contributed by atoms with Crippen LogP contribution < -0.4 is 9.62 Å². The molecular formula is C26H35Cl2N3O4S. The van der Waals surface area contributed by atoms with Crippen molar-refractivity contribution in [2.45, 2.75) is 66.1 Å². The van der Waals surface area contributed by atoms with Crippen LogP contribution in [0.2, 0.25) is 10.0 Å². The molecule has 36 heavy (non-hydrogen) atoms. The summed E-state index contributed by atoms with van der Waals surface area (Å²) in [5, 5.41) is 3.64. The zero-order chi connectivity index (χ0) is 27.2. The summed E-state index contributed by atoms with van der Waals surface area (Å²) in [6, 6.07) is 9.48. The summed E-state index contributed by atoms with van der Waals surface area (Å²) in [6.07, 6.45) is 2.14. The van der Waals surface area contributed by atoms with E-state index in [1.165, 1.54) is 4.90 Å². The van der Waals surface area contributed by atoms with Gasteiger partial charge in [0.15, 0.2) is 0 Å². The summed E-state index contributed by atoms with van der Waals surface area (Å²) < 4.78 is 26.6. The number of sulfonamides is 1. The van der Waals surface area contributed by atoms with E-state index < -0.39 is 28.5 Å². The fraction of sp³-hybridized carbons (Fsp3) is 0.462. The van der Waals surface area contributed by atoms with Gasteiger partial charge in [-0.3, -0.25) is 13.9 Å². The molecule has 2 rings (SSSR count). The molecule has 0 aliphatic heterocycles. The molecule has 0 aliphatic rings. The van der Waals surface area contributed by atoms with Crippen molar-refractivity contribution in [2.75, 3.05) is 17.1 Å². The number of nitrogens with one attached hydrogen (secondary N) is 1. The zero-order valence-electron chi connectivity index (χ0n) is 21.6. The van der Waals surface area contributed by atoms with Crippen LogP contribution in [0.4, 0.5) is 5.69 Å². The molecule has 2 aromatic carbocycles. The number of anilines is 1. The number of aryl methyl sites for hydroxylation is 2. The normalized spacial score (nSPS) is 13.1. The van der Waals surface area contributed by atoms with Crippen molar-refractivity contribution in [3.8, 4) is 0 Å². The van der Waals surface area contributed by atoms with Gasteiger partial charge in [0.25, 0.3) is 0 Å². The highest BCUT2D eigenvalue weighted by Gasteiger charge is 2.32. The van der Waals surface area contributed by atoms with Gasteiger partial charge in [-0.05, 0) is 74.6 Å².